The van der Waals surface area contributed by atoms with Gasteiger partial charge in [0.05, 0.1) is 0 Å². The second kappa shape index (κ2) is 18.9. The van der Waals surface area contributed by atoms with Crippen LogP contribution >= 0.6 is 12.2 Å². The number of rotatable bonds is 14. The van der Waals surface area contributed by atoms with Gasteiger partial charge >= 0.3 is 29.6 Å². The predicted molar refractivity (Wildman–Crippen MR) is 82.9 cm³/mol. The largest absolute Gasteiger partial charge is 1.00 e. The van der Waals surface area contributed by atoms with E-state index in [-0.39, 0.29) is 34.6 Å². The molecule has 0 N–H and O–H groups in total. The molecule has 0 aliphatic heterocycles. The molecular weight excluding hydrogens is 263 g/mol. The molecule has 0 spiro atoms. The van der Waals surface area contributed by atoms with Gasteiger partial charge in [0.15, 0.2) is 0 Å². The normalized spacial score (nSPS) is 10.2. The van der Waals surface area contributed by atoms with Crippen LogP contribution in [0.5, 0.6) is 0 Å². The van der Waals surface area contributed by atoms with E-state index in [2.05, 4.69) is 19.1 Å². The predicted octanol–water partition coefficient (Wildman–Crippen LogP) is 2.16. The summed E-state index contributed by atoms with van der Waals surface area (Å²) in [6, 6.07) is 0. The molecule has 19 heavy (non-hydrogen) atoms. The minimum Gasteiger partial charge on any atom is -0.867 e. The van der Waals surface area contributed by atoms with Crippen LogP contribution in [0.3, 0.4) is 0 Å². The maximum Gasteiger partial charge on any atom is 1.00 e. The standard InChI is InChI=1S/C16H32OS.Na/c1-2-3-4-5-6-7-8-9-10-11-12-13-14-15-16(17)18;/h2-15H2,1H3,(H,17,18);/q;+1/p-1. The van der Waals surface area contributed by atoms with E-state index in [1.165, 1.54) is 77.0 Å². The molecule has 0 unspecified atom stereocenters. The van der Waals surface area contributed by atoms with Crippen LogP contribution in [0.4, 0.5) is 0 Å². The van der Waals surface area contributed by atoms with E-state index in [9.17, 15) is 5.11 Å². The SMILES string of the molecule is CCCCCCCCCCCCCCCC([O-])=S.[Na+]. The summed E-state index contributed by atoms with van der Waals surface area (Å²) in [6.45, 7) is 2.27. The van der Waals surface area contributed by atoms with Crippen LogP contribution in [0.2, 0.25) is 0 Å². The molecule has 0 bridgehead atoms. The smallest absolute Gasteiger partial charge is 0.867 e. The number of hydrogen-bond donors (Lipinski definition) is 0. The van der Waals surface area contributed by atoms with Gasteiger partial charge in [-0.3, -0.25) is 0 Å². The summed E-state index contributed by atoms with van der Waals surface area (Å²) in [7, 11) is 0. The van der Waals surface area contributed by atoms with Gasteiger partial charge in [0.25, 0.3) is 0 Å². The summed E-state index contributed by atoms with van der Waals surface area (Å²) in [6.07, 6.45) is 18.0. The van der Waals surface area contributed by atoms with Gasteiger partial charge in [0, 0.05) is 0 Å². The first-order valence-electron chi connectivity index (χ1n) is 7.97. The first kappa shape index (κ1) is 22.2. The Morgan fingerprint density at radius 3 is 1.32 bits per heavy atom. The fourth-order valence-electron chi connectivity index (χ4n) is 2.29. The first-order valence-corrected chi connectivity index (χ1v) is 8.38. The van der Waals surface area contributed by atoms with E-state index in [0.717, 1.165) is 6.42 Å². The second-order valence-electron chi connectivity index (χ2n) is 5.36. The topological polar surface area (TPSA) is 23.1 Å². The van der Waals surface area contributed by atoms with E-state index in [1.54, 1.807) is 0 Å². The Bertz CT molecular complexity index is 186. The molecule has 0 aromatic rings. The van der Waals surface area contributed by atoms with E-state index in [4.69, 9.17) is 0 Å². The van der Waals surface area contributed by atoms with E-state index in [1.807, 2.05) is 0 Å². The Labute approximate surface area is 148 Å². The zero-order chi connectivity index (χ0) is 13.5. The van der Waals surface area contributed by atoms with Crippen molar-refractivity contribution in [3.05, 3.63) is 0 Å². The first-order chi connectivity index (χ1) is 8.77. The summed E-state index contributed by atoms with van der Waals surface area (Å²) >= 11 is 4.53. The third-order valence-electron chi connectivity index (χ3n) is 3.48. The molecule has 0 aliphatic carbocycles. The van der Waals surface area contributed by atoms with Gasteiger partial charge in [0.1, 0.15) is 0 Å². The van der Waals surface area contributed by atoms with Crippen molar-refractivity contribution in [1.82, 2.24) is 0 Å². The number of thiocarbonyl (C=S) groups is 1. The molecule has 0 fully saturated rings. The molecule has 0 radical (unpaired) electrons. The van der Waals surface area contributed by atoms with Crippen LogP contribution in [0.25, 0.3) is 0 Å². The van der Waals surface area contributed by atoms with E-state index in [0.29, 0.717) is 6.42 Å². The fourth-order valence-corrected chi connectivity index (χ4v) is 2.43. The van der Waals surface area contributed by atoms with Crippen LogP contribution in [-0.2, 0) is 0 Å². The van der Waals surface area contributed by atoms with Crippen LogP contribution in [0.1, 0.15) is 96.8 Å². The van der Waals surface area contributed by atoms with Gasteiger partial charge in [-0.2, -0.15) is 0 Å². The van der Waals surface area contributed by atoms with Gasteiger partial charge in [0.2, 0.25) is 0 Å². The quantitative estimate of drug-likeness (QED) is 0.278. The summed E-state index contributed by atoms with van der Waals surface area (Å²) in [4.78, 5) is 0. The van der Waals surface area contributed by atoms with Crippen molar-refractivity contribution in [1.29, 1.82) is 0 Å². The van der Waals surface area contributed by atoms with Gasteiger partial charge in [-0.15, -0.1) is 12.2 Å². The Balaban J connectivity index is 0. The molecule has 0 aromatic heterocycles. The molecule has 0 atom stereocenters. The molecular formula is C16H31NaOS. The van der Waals surface area contributed by atoms with Crippen LogP contribution in [-0.4, -0.2) is 5.05 Å². The van der Waals surface area contributed by atoms with Gasteiger partial charge in [-0.05, 0) is 12.8 Å². The molecule has 108 valence electrons. The van der Waals surface area contributed by atoms with Crippen molar-refractivity contribution in [2.24, 2.45) is 0 Å². The van der Waals surface area contributed by atoms with Crippen LogP contribution in [0, 0.1) is 0 Å². The van der Waals surface area contributed by atoms with Crippen molar-refractivity contribution in [2.75, 3.05) is 0 Å². The molecule has 0 amide bonds. The van der Waals surface area contributed by atoms with Gasteiger partial charge in [-0.1, -0.05) is 89.0 Å². The Morgan fingerprint density at radius 2 is 1.00 bits per heavy atom. The summed E-state index contributed by atoms with van der Waals surface area (Å²) < 4.78 is 0. The van der Waals surface area contributed by atoms with E-state index < -0.39 is 0 Å². The third-order valence-corrected chi connectivity index (χ3v) is 3.69. The summed E-state index contributed by atoms with van der Waals surface area (Å²) in [5.41, 5.74) is 0. The van der Waals surface area contributed by atoms with Crippen molar-refractivity contribution in [3.63, 3.8) is 0 Å². The van der Waals surface area contributed by atoms with Crippen LogP contribution < -0.4 is 34.7 Å². The van der Waals surface area contributed by atoms with Crippen LogP contribution in [0.15, 0.2) is 0 Å². The second-order valence-corrected chi connectivity index (χ2v) is 5.82. The number of unbranched alkanes of at least 4 members (excludes halogenated alkanes) is 12. The maximum atomic E-state index is 10.6. The zero-order valence-corrected chi connectivity index (χ0v) is 16.0. The average molecular weight is 294 g/mol. The molecule has 0 heterocycles. The maximum absolute atomic E-state index is 10.6. The minimum atomic E-state index is -0.0712. The molecule has 0 saturated heterocycles. The van der Waals surface area contributed by atoms with E-state index >= 15 is 0 Å². The van der Waals surface area contributed by atoms with Crippen molar-refractivity contribution in [3.8, 4) is 0 Å². The fraction of sp³-hybridized carbons (Fsp3) is 0.938. The Kier molecular flexibility index (Phi) is 22.0. The molecule has 0 aromatic carbocycles. The zero-order valence-electron chi connectivity index (χ0n) is 13.2. The monoisotopic (exact) mass is 294 g/mol. The Hall–Kier alpha value is 0.890. The molecule has 3 heteroatoms. The van der Waals surface area contributed by atoms with Gasteiger partial charge in [-0.25, -0.2) is 0 Å². The molecule has 0 saturated carbocycles. The van der Waals surface area contributed by atoms with Crippen molar-refractivity contribution >= 4 is 17.3 Å². The van der Waals surface area contributed by atoms with Crippen molar-refractivity contribution in [2.45, 2.75) is 96.8 Å². The summed E-state index contributed by atoms with van der Waals surface area (Å²) in [5, 5.41) is 10.5. The molecule has 1 nitrogen and oxygen atoms in total. The molecule has 0 aliphatic rings. The van der Waals surface area contributed by atoms with Crippen molar-refractivity contribution < 1.29 is 34.7 Å². The summed E-state index contributed by atoms with van der Waals surface area (Å²) in [5.74, 6) is 0. The Morgan fingerprint density at radius 1 is 0.684 bits per heavy atom. The molecule has 0 rings (SSSR count). The third kappa shape index (κ3) is 21.3. The van der Waals surface area contributed by atoms with Gasteiger partial charge < -0.3 is 5.11 Å². The average Bonchev–Trinajstić information content (AvgIpc) is 2.34. The minimum absolute atomic E-state index is 0. The number of hydrogen-bond acceptors (Lipinski definition) is 2.